The fraction of sp³-hybridized carbons (Fsp3) is 0.385. The molecule has 0 atom stereocenters. The van der Waals surface area contributed by atoms with Gasteiger partial charge in [0, 0.05) is 13.1 Å². The third-order valence-corrected chi connectivity index (χ3v) is 2.77. The average Bonchev–Trinajstić information content (AvgIpc) is 2.57. The minimum Gasteiger partial charge on any atom is -0.396 e. The van der Waals surface area contributed by atoms with Crippen molar-refractivity contribution in [2.75, 3.05) is 18.8 Å². The van der Waals surface area contributed by atoms with Crippen LogP contribution in [0.3, 0.4) is 0 Å². The van der Waals surface area contributed by atoms with Gasteiger partial charge in [0.15, 0.2) is 0 Å². The van der Waals surface area contributed by atoms with Crippen LogP contribution in [0.4, 0.5) is 5.69 Å². The Kier molecular flexibility index (Phi) is 4.71. The number of anilines is 1. The Balaban J connectivity index is 2.81. The van der Waals surface area contributed by atoms with E-state index in [1.54, 1.807) is 21.7 Å². The van der Waals surface area contributed by atoms with Crippen molar-refractivity contribution in [3.63, 3.8) is 0 Å². The van der Waals surface area contributed by atoms with Crippen molar-refractivity contribution < 1.29 is 4.79 Å². The molecule has 2 N–H and O–H groups in total. The lowest BCUT2D eigenvalue weighted by Crippen LogP contribution is -2.34. The fourth-order valence-electron chi connectivity index (χ4n) is 1.68. The van der Waals surface area contributed by atoms with E-state index in [1.165, 1.54) is 0 Å². The van der Waals surface area contributed by atoms with Gasteiger partial charge >= 0.3 is 0 Å². The lowest BCUT2D eigenvalue weighted by molar-refractivity contribution is -0.131. The van der Waals surface area contributed by atoms with E-state index in [-0.39, 0.29) is 12.5 Å². The third-order valence-electron chi connectivity index (χ3n) is 2.77. The molecule has 0 saturated heterocycles. The summed E-state index contributed by atoms with van der Waals surface area (Å²) in [5, 5.41) is 4.24. The molecule has 5 nitrogen and oxygen atoms in total. The van der Waals surface area contributed by atoms with Crippen LogP contribution in [0.2, 0.25) is 0 Å². The van der Waals surface area contributed by atoms with E-state index in [1.807, 2.05) is 13.8 Å². The monoisotopic (exact) mass is 248 g/mol. The normalized spacial score (nSPS) is 10.1. The molecule has 0 unspecified atom stereocenters. The number of hydrogen-bond donors (Lipinski definition) is 1. The van der Waals surface area contributed by atoms with Crippen LogP contribution < -0.4 is 5.73 Å². The first-order chi connectivity index (χ1) is 8.51. The quantitative estimate of drug-likeness (QED) is 0.771. The van der Waals surface area contributed by atoms with Crippen LogP contribution in [-0.4, -0.2) is 33.7 Å². The van der Waals surface area contributed by atoms with Crippen LogP contribution in [0.1, 0.15) is 11.4 Å². The van der Waals surface area contributed by atoms with Crippen LogP contribution in [0.15, 0.2) is 25.3 Å². The number of nitrogens with two attached hydrogens (primary N) is 1. The molecule has 0 aromatic carbocycles. The summed E-state index contributed by atoms with van der Waals surface area (Å²) in [7, 11) is 0. The number of nitrogens with zero attached hydrogens (tertiary/aromatic N) is 3. The molecule has 1 aromatic heterocycles. The summed E-state index contributed by atoms with van der Waals surface area (Å²) < 4.78 is 1.63. The predicted molar refractivity (Wildman–Crippen MR) is 73.1 cm³/mol. The second-order valence-corrected chi connectivity index (χ2v) is 4.12. The number of carbonyl (C=O) groups excluding carboxylic acids is 1. The number of aromatic nitrogens is 2. The Hall–Kier alpha value is -2.04. The third kappa shape index (κ3) is 3.00. The lowest BCUT2D eigenvalue weighted by Gasteiger charge is -2.19. The zero-order valence-electron chi connectivity index (χ0n) is 11.0. The summed E-state index contributed by atoms with van der Waals surface area (Å²) in [6.07, 6.45) is 3.38. The first-order valence-electron chi connectivity index (χ1n) is 5.80. The van der Waals surface area contributed by atoms with E-state index in [4.69, 9.17) is 5.73 Å². The van der Waals surface area contributed by atoms with Gasteiger partial charge in [-0.25, -0.2) is 0 Å². The molecule has 0 aliphatic rings. The molecular weight excluding hydrogens is 228 g/mol. The van der Waals surface area contributed by atoms with Gasteiger partial charge in [-0.15, -0.1) is 13.2 Å². The average molecular weight is 248 g/mol. The van der Waals surface area contributed by atoms with Crippen molar-refractivity contribution in [3.05, 3.63) is 36.7 Å². The number of rotatable bonds is 6. The molecule has 0 aliphatic carbocycles. The largest absolute Gasteiger partial charge is 0.396 e. The molecule has 0 bridgehead atoms. The highest BCUT2D eigenvalue weighted by Gasteiger charge is 2.15. The van der Waals surface area contributed by atoms with Crippen LogP contribution in [0.25, 0.3) is 0 Å². The van der Waals surface area contributed by atoms with E-state index < -0.39 is 0 Å². The zero-order chi connectivity index (χ0) is 13.7. The van der Waals surface area contributed by atoms with Crippen LogP contribution in [-0.2, 0) is 11.3 Å². The maximum absolute atomic E-state index is 12.1. The molecule has 1 aromatic rings. The van der Waals surface area contributed by atoms with Crippen molar-refractivity contribution in [2.24, 2.45) is 0 Å². The van der Waals surface area contributed by atoms with Gasteiger partial charge in [0.25, 0.3) is 0 Å². The Labute approximate surface area is 108 Å². The number of hydrogen-bond acceptors (Lipinski definition) is 3. The Morgan fingerprint density at radius 1 is 1.39 bits per heavy atom. The second kappa shape index (κ2) is 6.05. The minimum absolute atomic E-state index is 0.0274. The van der Waals surface area contributed by atoms with Gasteiger partial charge in [0.05, 0.1) is 17.1 Å². The summed E-state index contributed by atoms with van der Waals surface area (Å²) >= 11 is 0. The van der Waals surface area contributed by atoms with E-state index in [0.29, 0.717) is 18.8 Å². The van der Waals surface area contributed by atoms with Crippen LogP contribution >= 0.6 is 0 Å². The van der Waals surface area contributed by atoms with E-state index in [2.05, 4.69) is 18.3 Å². The zero-order valence-corrected chi connectivity index (χ0v) is 11.0. The molecule has 1 amide bonds. The summed E-state index contributed by atoms with van der Waals surface area (Å²) in [6, 6.07) is 0. The second-order valence-electron chi connectivity index (χ2n) is 4.12. The fourth-order valence-corrected chi connectivity index (χ4v) is 1.68. The first-order valence-corrected chi connectivity index (χ1v) is 5.80. The minimum atomic E-state index is -0.0274. The Morgan fingerprint density at radius 3 is 2.33 bits per heavy atom. The molecular formula is C13H20N4O. The van der Waals surface area contributed by atoms with Crippen molar-refractivity contribution in [1.29, 1.82) is 0 Å². The molecule has 0 saturated carbocycles. The molecule has 0 aliphatic heterocycles. The lowest BCUT2D eigenvalue weighted by atomic mass is 10.3. The standard InChI is InChI=1S/C13H20N4O/c1-5-7-16(8-6-2)12(18)9-17-11(4)13(14)10(3)15-17/h5-6H,1-2,7-9,14H2,3-4H3. The van der Waals surface area contributed by atoms with Gasteiger partial charge < -0.3 is 10.6 Å². The molecule has 0 spiro atoms. The number of nitrogen functional groups attached to an aromatic ring is 1. The topological polar surface area (TPSA) is 64.2 Å². The molecule has 98 valence electrons. The predicted octanol–water partition coefficient (Wildman–Crippen LogP) is 1.28. The highest BCUT2D eigenvalue weighted by atomic mass is 16.2. The van der Waals surface area contributed by atoms with Crippen LogP contribution in [0, 0.1) is 13.8 Å². The van der Waals surface area contributed by atoms with E-state index in [0.717, 1.165) is 11.4 Å². The van der Waals surface area contributed by atoms with Crippen LogP contribution in [0.5, 0.6) is 0 Å². The van der Waals surface area contributed by atoms with Crippen molar-refractivity contribution in [2.45, 2.75) is 20.4 Å². The van der Waals surface area contributed by atoms with Gasteiger partial charge in [-0.3, -0.25) is 9.48 Å². The maximum atomic E-state index is 12.1. The summed E-state index contributed by atoms with van der Waals surface area (Å²) in [6.45, 7) is 12.1. The Morgan fingerprint density at radius 2 is 1.94 bits per heavy atom. The molecule has 0 radical (unpaired) electrons. The molecule has 5 heteroatoms. The maximum Gasteiger partial charge on any atom is 0.244 e. The van der Waals surface area contributed by atoms with Gasteiger partial charge in [-0.05, 0) is 13.8 Å². The summed E-state index contributed by atoms with van der Waals surface area (Å²) in [5.41, 5.74) is 8.04. The summed E-state index contributed by atoms with van der Waals surface area (Å²) in [4.78, 5) is 13.8. The molecule has 1 heterocycles. The van der Waals surface area contributed by atoms with Crippen molar-refractivity contribution in [3.8, 4) is 0 Å². The number of aryl methyl sites for hydroxylation is 1. The SMILES string of the molecule is C=CCN(CC=C)C(=O)Cn1nc(C)c(N)c1C. The van der Waals surface area contributed by atoms with Crippen molar-refractivity contribution >= 4 is 11.6 Å². The van der Waals surface area contributed by atoms with Gasteiger partial charge in [0.1, 0.15) is 6.54 Å². The van der Waals surface area contributed by atoms with Gasteiger partial charge in [-0.2, -0.15) is 5.10 Å². The highest BCUT2D eigenvalue weighted by molar-refractivity contribution is 5.76. The van der Waals surface area contributed by atoms with E-state index in [9.17, 15) is 4.79 Å². The molecule has 18 heavy (non-hydrogen) atoms. The Bertz CT molecular complexity index is 452. The molecule has 1 rings (SSSR count). The number of amides is 1. The molecule has 0 fully saturated rings. The van der Waals surface area contributed by atoms with Gasteiger partial charge in [-0.1, -0.05) is 12.2 Å². The highest BCUT2D eigenvalue weighted by Crippen LogP contribution is 2.14. The smallest absolute Gasteiger partial charge is 0.244 e. The summed E-state index contributed by atoms with van der Waals surface area (Å²) in [5.74, 6) is -0.0274. The van der Waals surface area contributed by atoms with E-state index >= 15 is 0 Å². The first kappa shape index (κ1) is 14.0. The number of carbonyl (C=O) groups is 1. The van der Waals surface area contributed by atoms with Crippen molar-refractivity contribution in [1.82, 2.24) is 14.7 Å². The van der Waals surface area contributed by atoms with Gasteiger partial charge in [0.2, 0.25) is 5.91 Å².